The van der Waals surface area contributed by atoms with E-state index in [1.165, 1.54) is 12.8 Å². The molecule has 2 N–H and O–H groups in total. The molecule has 0 aliphatic heterocycles. The molecule has 17 heavy (non-hydrogen) atoms. The third-order valence-corrected chi connectivity index (χ3v) is 3.38. The average Bonchev–Trinajstić information content (AvgIpc) is 2.78. The Balaban J connectivity index is 1.97. The minimum Gasteiger partial charge on any atom is -0.396 e. The van der Waals surface area contributed by atoms with Crippen molar-refractivity contribution < 1.29 is 5.11 Å². The standard InChI is InChI=1S/C13H17N3O/c14-8-10-4-5-13(15-9-10)16-12-3-1-2-11(12)6-7-17/h4-5,9,11-12,17H,1-3,6-7H2,(H,15,16). The lowest BCUT2D eigenvalue weighted by atomic mass is 10.00. The van der Waals surface area contributed by atoms with Crippen LogP contribution >= 0.6 is 0 Å². The normalized spacial score (nSPS) is 23.3. The highest BCUT2D eigenvalue weighted by Crippen LogP contribution is 2.30. The lowest BCUT2D eigenvalue weighted by Gasteiger charge is -2.20. The van der Waals surface area contributed by atoms with Crippen LogP contribution in [-0.2, 0) is 0 Å². The highest BCUT2D eigenvalue weighted by atomic mass is 16.3. The Morgan fingerprint density at radius 1 is 1.47 bits per heavy atom. The van der Waals surface area contributed by atoms with E-state index in [9.17, 15) is 0 Å². The van der Waals surface area contributed by atoms with Crippen LogP contribution < -0.4 is 5.32 Å². The fourth-order valence-corrected chi connectivity index (χ4v) is 2.47. The Bertz CT molecular complexity index is 396. The second-order valence-corrected chi connectivity index (χ2v) is 4.50. The summed E-state index contributed by atoms with van der Waals surface area (Å²) in [5.74, 6) is 1.36. The third-order valence-electron chi connectivity index (χ3n) is 3.38. The molecule has 0 aromatic carbocycles. The summed E-state index contributed by atoms with van der Waals surface area (Å²) >= 11 is 0. The van der Waals surface area contributed by atoms with Gasteiger partial charge in [-0.1, -0.05) is 6.42 Å². The van der Waals surface area contributed by atoms with E-state index < -0.39 is 0 Å². The number of aromatic nitrogens is 1. The molecular weight excluding hydrogens is 214 g/mol. The van der Waals surface area contributed by atoms with Gasteiger partial charge in [0.2, 0.25) is 0 Å². The summed E-state index contributed by atoms with van der Waals surface area (Å²) in [7, 11) is 0. The number of nitrogens with one attached hydrogen (secondary N) is 1. The van der Waals surface area contributed by atoms with Crippen LogP contribution in [0.15, 0.2) is 18.3 Å². The SMILES string of the molecule is N#Cc1ccc(NC2CCCC2CCO)nc1. The van der Waals surface area contributed by atoms with Crippen molar-refractivity contribution in [3.05, 3.63) is 23.9 Å². The quantitative estimate of drug-likeness (QED) is 0.830. The van der Waals surface area contributed by atoms with Crippen molar-refractivity contribution in [3.63, 3.8) is 0 Å². The molecule has 1 aliphatic carbocycles. The Morgan fingerprint density at radius 2 is 2.35 bits per heavy atom. The zero-order valence-corrected chi connectivity index (χ0v) is 9.76. The van der Waals surface area contributed by atoms with Crippen molar-refractivity contribution in [3.8, 4) is 6.07 Å². The first kappa shape index (κ1) is 11.9. The lowest BCUT2D eigenvalue weighted by molar-refractivity contribution is 0.254. The number of aliphatic hydroxyl groups is 1. The number of hydrogen-bond acceptors (Lipinski definition) is 4. The van der Waals surface area contributed by atoms with Gasteiger partial charge in [0.1, 0.15) is 11.9 Å². The van der Waals surface area contributed by atoms with E-state index in [1.807, 2.05) is 6.07 Å². The number of nitrogens with zero attached hydrogens (tertiary/aromatic N) is 2. The van der Waals surface area contributed by atoms with Gasteiger partial charge < -0.3 is 10.4 Å². The maximum absolute atomic E-state index is 9.00. The topological polar surface area (TPSA) is 68.9 Å². The smallest absolute Gasteiger partial charge is 0.126 e. The Morgan fingerprint density at radius 3 is 3.00 bits per heavy atom. The van der Waals surface area contributed by atoms with Crippen LogP contribution in [0.25, 0.3) is 0 Å². The molecule has 4 nitrogen and oxygen atoms in total. The van der Waals surface area contributed by atoms with Crippen molar-refractivity contribution in [1.82, 2.24) is 4.98 Å². The molecular formula is C13H17N3O. The van der Waals surface area contributed by atoms with Gasteiger partial charge in [-0.3, -0.25) is 0 Å². The molecule has 1 aromatic heterocycles. The zero-order chi connectivity index (χ0) is 12.1. The zero-order valence-electron chi connectivity index (χ0n) is 9.76. The van der Waals surface area contributed by atoms with Gasteiger partial charge in [-0.05, 0) is 37.3 Å². The van der Waals surface area contributed by atoms with E-state index in [-0.39, 0.29) is 6.61 Å². The Kier molecular flexibility index (Phi) is 3.94. The van der Waals surface area contributed by atoms with Gasteiger partial charge in [-0.25, -0.2) is 4.98 Å². The van der Waals surface area contributed by atoms with Crippen molar-refractivity contribution in [2.75, 3.05) is 11.9 Å². The molecule has 2 unspecified atom stereocenters. The van der Waals surface area contributed by atoms with Gasteiger partial charge in [0.15, 0.2) is 0 Å². The molecule has 90 valence electrons. The van der Waals surface area contributed by atoms with E-state index in [1.54, 1.807) is 12.3 Å². The monoisotopic (exact) mass is 231 g/mol. The van der Waals surface area contributed by atoms with Crippen LogP contribution in [0.1, 0.15) is 31.2 Å². The first-order valence-corrected chi connectivity index (χ1v) is 6.07. The van der Waals surface area contributed by atoms with E-state index >= 15 is 0 Å². The summed E-state index contributed by atoms with van der Waals surface area (Å²) in [5.41, 5.74) is 0.578. The van der Waals surface area contributed by atoms with Crippen LogP contribution in [0.2, 0.25) is 0 Å². The number of anilines is 1. The molecule has 1 aromatic rings. The number of nitriles is 1. The second kappa shape index (κ2) is 5.65. The summed E-state index contributed by atoms with van der Waals surface area (Å²) in [5, 5.41) is 21.1. The summed E-state index contributed by atoms with van der Waals surface area (Å²) in [4.78, 5) is 4.21. The molecule has 2 rings (SSSR count). The van der Waals surface area contributed by atoms with Gasteiger partial charge in [0.05, 0.1) is 5.56 Å². The molecule has 0 saturated heterocycles. The van der Waals surface area contributed by atoms with Crippen molar-refractivity contribution in [2.24, 2.45) is 5.92 Å². The van der Waals surface area contributed by atoms with E-state index in [0.29, 0.717) is 17.5 Å². The summed E-state index contributed by atoms with van der Waals surface area (Å²) < 4.78 is 0. The lowest BCUT2D eigenvalue weighted by Crippen LogP contribution is -2.25. The molecule has 0 bridgehead atoms. The molecule has 0 radical (unpaired) electrons. The van der Waals surface area contributed by atoms with Crippen LogP contribution in [0.5, 0.6) is 0 Å². The van der Waals surface area contributed by atoms with Gasteiger partial charge in [-0.15, -0.1) is 0 Å². The highest BCUT2D eigenvalue weighted by molar-refractivity contribution is 5.40. The Hall–Kier alpha value is -1.60. The maximum Gasteiger partial charge on any atom is 0.126 e. The average molecular weight is 231 g/mol. The molecule has 0 amide bonds. The number of aliphatic hydroxyl groups excluding tert-OH is 1. The van der Waals surface area contributed by atoms with Crippen molar-refractivity contribution >= 4 is 5.82 Å². The molecule has 0 spiro atoms. The molecule has 1 heterocycles. The summed E-state index contributed by atoms with van der Waals surface area (Å²) in [6.07, 6.45) is 5.95. The fourth-order valence-electron chi connectivity index (χ4n) is 2.47. The third kappa shape index (κ3) is 2.95. The van der Waals surface area contributed by atoms with Gasteiger partial charge in [0, 0.05) is 18.8 Å². The Labute approximate surface area is 101 Å². The van der Waals surface area contributed by atoms with Gasteiger partial charge >= 0.3 is 0 Å². The number of pyridine rings is 1. The molecule has 2 atom stereocenters. The van der Waals surface area contributed by atoms with Crippen LogP contribution in [0.3, 0.4) is 0 Å². The molecule has 1 fully saturated rings. The van der Waals surface area contributed by atoms with Crippen LogP contribution in [-0.4, -0.2) is 22.7 Å². The maximum atomic E-state index is 9.00. The largest absolute Gasteiger partial charge is 0.396 e. The van der Waals surface area contributed by atoms with E-state index in [0.717, 1.165) is 18.7 Å². The minimum atomic E-state index is 0.254. The van der Waals surface area contributed by atoms with E-state index in [2.05, 4.69) is 16.4 Å². The van der Waals surface area contributed by atoms with Crippen molar-refractivity contribution in [1.29, 1.82) is 5.26 Å². The first-order chi connectivity index (χ1) is 8.33. The number of rotatable bonds is 4. The second-order valence-electron chi connectivity index (χ2n) is 4.50. The van der Waals surface area contributed by atoms with Crippen LogP contribution in [0.4, 0.5) is 5.82 Å². The van der Waals surface area contributed by atoms with Gasteiger partial charge in [-0.2, -0.15) is 5.26 Å². The molecule has 4 heteroatoms. The predicted octanol–water partition coefficient (Wildman–Crippen LogP) is 1.92. The molecule has 1 aliphatic rings. The highest BCUT2D eigenvalue weighted by Gasteiger charge is 2.26. The van der Waals surface area contributed by atoms with E-state index in [4.69, 9.17) is 10.4 Å². The van der Waals surface area contributed by atoms with Crippen molar-refractivity contribution in [2.45, 2.75) is 31.7 Å². The predicted molar refractivity (Wildman–Crippen MR) is 65.4 cm³/mol. The molecule has 1 saturated carbocycles. The fraction of sp³-hybridized carbons (Fsp3) is 0.538. The number of hydrogen-bond donors (Lipinski definition) is 2. The van der Waals surface area contributed by atoms with Gasteiger partial charge in [0.25, 0.3) is 0 Å². The first-order valence-electron chi connectivity index (χ1n) is 6.07. The minimum absolute atomic E-state index is 0.254. The summed E-state index contributed by atoms with van der Waals surface area (Å²) in [6, 6.07) is 6.07. The van der Waals surface area contributed by atoms with Crippen LogP contribution in [0, 0.1) is 17.2 Å². The summed E-state index contributed by atoms with van der Waals surface area (Å²) in [6.45, 7) is 0.254.